The molecular weight excluding hydrogens is 304 g/mol. The molecule has 2 fully saturated rings. The SMILES string of the molecule is C[C@H]1CCCC[C@@H]1NC(=O)N1CCN(CC(=O)NC(C)(C)C)CC1. The number of carbonyl (C=O) groups is 2. The van der Waals surface area contributed by atoms with Crippen LogP contribution < -0.4 is 10.6 Å². The minimum absolute atomic E-state index is 0.0523. The molecule has 0 aromatic carbocycles. The molecule has 1 aliphatic carbocycles. The molecule has 0 aromatic rings. The van der Waals surface area contributed by atoms with Gasteiger partial charge in [0.1, 0.15) is 0 Å². The average Bonchev–Trinajstić information content (AvgIpc) is 2.48. The Morgan fingerprint density at radius 1 is 1.04 bits per heavy atom. The minimum atomic E-state index is -0.199. The van der Waals surface area contributed by atoms with Crippen LogP contribution in [0.3, 0.4) is 0 Å². The molecule has 1 saturated heterocycles. The summed E-state index contributed by atoms with van der Waals surface area (Å²) in [5.74, 6) is 0.626. The fourth-order valence-electron chi connectivity index (χ4n) is 3.55. The molecule has 0 radical (unpaired) electrons. The molecule has 1 heterocycles. The molecular formula is C18H34N4O2. The molecule has 138 valence electrons. The van der Waals surface area contributed by atoms with Gasteiger partial charge in [-0.25, -0.2) is 4.79 Å². The van der Waals surface area contributed by atoms with Crippen molar-refractivity contribution in [3.05, 3.63) is 0 Å². The van der Waals surface area contributed by atoms with Gasteiger partial charge in [-0.2, -0.15) is 0 Å². The Morgan fingerprint density at radius 2 is 1.67 bits per heavy atom. The molecule has 24 heavy (non-hydrogen) atoms. The van der Waals surface area contributed by atoms with Gasteiger partial charge in [-0.15, -0.1) is 0 Å². The van der Waals surface area contributed by atoms with E-state index in [2.05, 4.69) is 22.5 Å². The number of rotatable bonds is 3. The number of nitrogens with one attached hydrogen (secondary N) is 2. The molecule has 2 aliphatic rings. The van der Waals surface area contributed by atoms with Crippen LogP contribution in [0.5, 0.6) is 0 Å². The lowest BCUT2D eigenvalue weighted by molar-refractivity contribution is -0.124. The topological polar surface area (TPSA) is 64.7 Å². The molecule has 0 bridgehead atoms. The molecule has 2 rings (SSSR count). The maximum Gasteiger partial charge on any atom is 0.317 e. The molecule has 3 amide bonds. The van der Waals surface area contributed by atoms with Gasteiger partial charge < -0.3 is 15.5 Å². The van der Waals surface area contributed by atoms with Crippen LogP contribution in [0.15, 0.2) is 0 Å². The van der Waals surface area contributed by atoms with Crippen LogP contribution in [0.2, 0.25) is 0 Å². The van der Waals surface area contributed by atoms with Gasteiger partial charge in [-0.1, -0.05) is 19.8 Å². The largest absolute Gasteiger partial charge is 0.350 e. The van der Waals surface area contributed by atoms with Crippen molar-refractivity contribution in [1.29, 1.82) is 0 Å². The predicted octanol–water partition coefficient (Wildman–Crippen LogP) is 1.81. The zero-order valence-electron chi connectivity index (χ0n) is 15.7. The number of nitrogens with zero attached hydrogens (tertiary/aromatic N) is 2. The number of carbonyl (C=O) groups excluding carboxylic acids is 2. The van der Waals surface area contributed by atoms with E-state index < -0.39 is 0 Å². The molecule has 0 spiro atoms. The van der Waals surface area contributed by atoms with Gasteiger partial charge in [0.05, 0.1) is 6.54 Å². The van der Waals surface area contributed by atoms with E-state index >= 15 is 0 Å². The number of piperazine rings is 1. The maximum absolute atomic E-state index is 12.4. The van der Waals surface area contributed by atoms with Gasteiger partial charge in [-0.05, 0) is 39.5 Å². The van der Waals surface area contributed by atoms with E-state index in [9.17, 15) is 9.59 Å². The lowest BCUT2D eigenvalue weighted by Crippen LogP contribution is -2.56. The Bertz CT molecular complexity index is 439. The van der Waals surface area contributed by atoms with E-state index in [1.54, 1.807) is 0 Å². The monoisotopic (exact) mass is 338 g/mol. The first-order valence-electron chi connectivity index (χ1n) is 9.33. The highest BCUT2D eigenvalue weighted by Crippen LogP contribution is 2.23. The summed E-state index contributed by atoms with van der Waals surface area (Å²) in [6.07, 6.45) is 4.80. The number of hydrogen-bond acceptors (Lipinski definition) is 3. The second-order valence-electron chi connectivity index (χ2n) is 8.38. The molecule has 1 saturated carbocycles. The Labute approximate surface area is 146 Å². The van der Waals surface area contributed by atoms with E-state index in [-0.39, 0.29) is 17.5 Å². The van der Waals surface area contributed by atoms with E-state index in [1.165, 1.54) is 19.3 Å². The van der Waals surface area contributed by atoms with E-state index in [1.807, 2.05) is 25.7 Å². The van der Waals surface area contributed by atoms with Crippen molar-refractivity contribution < 1.29 is 9.59 Å². The standard InChI is InChI=1S/C18H34N4O2/c1-14-7-5-6-8-15(14)19-17(24)22-11-9-21(10-12-22)13-16(23)20-18(2,3)4/h14-15H,5-13H2,1-4H3,(H,19,24)(H,20,23)/t14-,15-/m0/s1. The quantitative estimate of drug-likeness (QED) is 0.825. The third-order valence-electron chi connectivity index (χ3n) is 4.96. The van der Waals surface area contributed by atoms with Gasteiger partial charge in [0.25, 0.3) is 0 Å². The van der Waals surface area contributed by atoms with Crippen LogP contribution in [0.1, 0.15) is 53.4 Å². The smallest absolute Gasteiger partial charge is 0.317 e. The Hall–Kier alpha value is -1.30. The highest BCUT2D eigenvalue weighted by molar-refractivity contribution is 5.79. The number of hydrogen-bond donors (Lipinski definition) is 2. The van der Waals surface area contributed by atoms with Gasteiger partial charge in [0.2, 0.25) is 5.91 Å². The summed E-state index contributed by atoms with van der Waals surface area (Å²) in [5, 5.41) is 6.20. The minimum Gasteiger partial charge on any atom is -0.350 e. The van der Waals surface area contributed by atoms with Crippen molar-refractivity contribution in [2.24, 2.45) is 5.92 Å². The average molecular weight is 338 g/mol. The van der Waals surface area contributed by atoms with E-state index in [4.69, 9.17) is 0 Å². The molecule has 2 N–H and O–H groups in total. The van der Waals surface area contributed by atoms with Crippen LogP contribution in [-0.2, 0) is 4.79 Å². The van der Waals surface area contributed by atoms with E-state index in [0.717, 1.165) is 19.5 Å². The fraction of sp³-hybridized carbons (Fsp3) is 0.889. The van der Waals surface area contributed by atoms with Crippen LogP contribution in [0.25, 0.3) is 0 Å². The summed E-state index contributed by atoms with van der Waals surface area (Å²) in [6, 6.07) is 0.384. The maximum atomic E-state index is 12.4. The molecule has 6 heteroatoms. The Morgan fingerprint density at radius 3 is 2.25 bits per heavy atom. The fourth-order valence-corrected chi connectivity index (χ4v) is 3.55. The van der Waals surface area contributed by atoms with Crippen LogP contribution >= 0.6 is 0 Å². The third kappa shape index (κ3) is 5.96. The van der Waals surface area contributed by atoms with Crippen molar-refractivity contribution in [3.63, 3.8) is 0 Å². The summed E-state index contributed by atoms with van der Waals surface area (Å²) in [4.78, 5) is 28.4. The van der Waals surface area contributed by atoms with Crippen molar-refractivity contribution in [2.45, 2.75) is 65.0 Å². The lowest BCUT2D eigenvalue weighted by Gasteiger charge is -2.37. The Kier molecular flexibility index (Phi) is 6.49. The zero-order chi connectivity index (χ0) is 17.7. The first-order valence-corrected chi connectivity index (χ1v) is 9.33. The summed E-state index contributed by atoms with van der Waals surface area (Å²) in [5.41, 5.74) is -0.199. The van der Waals surface area contributed by atoms with Gasteiger partial charge in [0.15, 0.2) is 0 Å². The van der Waals surface area contributed by atoms with E-state index in [0.29, 0.717) is 31.6 Å². The first kappa shape index (κ1) is 19.0. The molecule has 1 aliphatic heterocycles. The molecule has 0 aromatic heterocycles. The summed E-state index contributed by atoms with van der Waals surface area (Å²) in [7, 11) is 0. The third-order valence-corrected chi connectivity index (χ3v) is 4.96. The summed E-state index contributed by atoms with van der Waals surface area (Å²) >= 11 is 0. The zero-order valence-corrected chi connectivity index (χ0v) is 15.7. The second kappa shape index (κ2) is 8.19. The van der Waals surface area contributed by atoms with Crippen LogP contribution in [0, 0.1) is 5.92 Å². The van der Waals surface area contributed by atoms with Gasteiger partial charge in [0, 0.05) is 37.8 Å². The van der Waals surface area contributed by atoms with Gasteiger partial charge >= 0.3 is 6.03 Å². The van der Waals surface area contributed by atoms with Crippen molar-refractivity contribution in [2.75, 3.05) is 32.7 Å². The summed E-state index contributed by atoms with van der Waals surface area (Å²) in [6.45, 7) is 11.5. The normalized spacial score (nSPS) is 26.1. The number of urea groups is 1. The highest BCUT2D eigenvalue weighted by atomic mass is 16.2. The van der Waals surface area contributed by atoms with Gasteiger partial charge in [-0.3, -0.25) is 9.69 Å². The van der Waals surface area contributed by atoms with Crippen molar-refractivity contribution in [1.82, 2.24) is 20.4 Å². The lowest BCUT2D eigenvalue weighted by atomic mass is 9.86. The van der Waals surface area contributed by atoms with Crippen molar-refractivity contribution in [3.8, 4) is 0 Å². The molecule has 0 unspecified atom stereocenters. The summed E-state index contributed by atoms with van der Waals surface area (Å²) < 4.78 is 0. The number of amides is 3. The van der Waals surface area contributed by atoms with Crippen LogP contribution in [0.4, 0.5) is 4.79 Å². The highest BCUT2D eigenvalue weighted by Gasteiger charge is 2.27. The predicted molar refractivity (Wildman–Crippen MR) is 95.9 cm³/mol. The Balaban J connectivity index is 1.72. The molecule has 6 nitrogen and oxygen atoms in total. The molecule has 2 atom stereocenters. The van der Waals surface area contributed by atoms with Crippen LogP contribution in [-0.4, -0.2) is 66.0 Å². The first-order chi connectivity index (χ1) is 11.2. The van der Waals surface area contributed by atoms with Crippen molar-refractivity contribution >= 4 is 11.9 Å². The second-order valence-corrected chi connectivity index (χ2v) is 8.38.